The molecule has 16 heavy (non-hydrogen) atoms. The maximum Gasteiger partial charge on any atom is 0.244 e. The molecule has 0 bridgehead atoms. The van der Waals surface area contributed by atoms with Gasteiger partial charge in [0.05, 0.1) is 0 Å². The van der Waals surface area contributed by atoms with Crippen molar-refractivity contribution < 1.29 is 4.79 Å². The summed E-state index contributed by atoms with van der Waals surface area (Å²) in [5, 5.41) is 3.53. The third kappa shape index (κ3) is 4.49. The van der Waals surface area contributed by atoms with E-state index >= 15 is 0 Å². The molecule has 2 nitrogen and oxygen atoms in total. The summed E-state index contributed by atoms with van der Waals surface area (Å²) in [6.07, 6.45) is 4.21. The van der Waals surface area contributed by atoms with Gasteiger partial charge in [-0.3, -0.25) is 4.79 Å². The minimum Gasteiger partial charge on any atom is -0.350 e. The monoisotopic (exact) mass is 237 g/mol. The predicted octanol–water partition coefficient (Wildman–Crippen LogP) is 3.27. The van der Waals surface area contributed by atoms with Gasteiger partial charge in [0.15, 0.2) is 0 Å². The smallest absolute Gasteiger partial charge is 0.244 e. The van der Waals surface area contributed by atoms with E-state index in [0.717, 1.165) is 12.0 Å². The number of nitrogens with one attached hydrogen (secondary N) is 1. The van der Waals surface area contributed by atoms with Crippen molar-refractivity contribution in [3.63, 3.8) is 0 Å². The molecule has 0 heterocycles. The Balaban J connectivity index is 2.56. The molecule has 1 aromatic carbocycles. The van der Waals surface area contributed by atoms with Crippen molar-refractivity contribution in [2.24, 2.45) is 0 Å². The average molecular weight is 238 g/mol. The highest BCUT2D eigenvalue weighted by Gasteiger charge is 2.00. The van der Waals surface area contributed by atoms with Crippen LogP contribution >= 0.6 is 11.6 Å². The second kappa shape index (κ2) is 6.33. The fourth-order valence-corrected chi connectivity index (χ4v) is 1.37. The van der Waals surface area contributed by atoms with E-state index < -0.39 is 0 Å². The molecule has 0 fully saturated rings. The highest BCUT2D eigenvalue weighted by atomic mass is 35.5. The lowest BCUT2D eigenvalue weighted by Crippen LogP contribution is -2.30. The zero-order valence-electron chi connectivity index (χ0n) is 9.53. The Morgan fingerprint density at radius 2 is 2.31 bits per heavy atom. The van der Waals surface area contributed by atoms with Gasteiger partial charge in [-0.15, -0.1) is 0 Å². The SMILES string of the molecule is CC[C@H](C)NC(=O)/C=C/c1cccc(Cl)c1. The average Bonchev–Trinajstić information content (AvgIpc) is 2.26. The number of hydrogen-bond donors (Lipinski definition) is 1. The van der Waals surface area contributed by atoms with Gasteiger partial charge in [-0.2, -0.15) is 0 Å². The zero-order valence-corrected chi connectivity index (χ0v) is 10.3. The van der Waals surface area contributed by atoms with Crippen LogP contribution in [0.1, 0.15) is 25.8 Å². The maximum atomic E-state index is 11.4. The third-order valence-electron chi connectivity index (χ3n) is 2.28. The van der Waals surface area contributed by atoms with Crippen molar-refractivity contribution >= 4 is 23.6 Å². The molecule has 1 N–H and O–H groups in total. The Morgan fingerprint density at radius 3 is 2.94 bits per heavy atom. The van der Waals surface area contributed by atoms with Crippen molar-refractivity contribution in [1.82, 2.24) is 5.32 Å². The number of benzene rings is 1. The van der Waals surface area contributed by atoms with Crippen LogP contribution in [0.15, 0.2) is 30.3 Å². The van der Waals surface area contributed by atoms with Gasteiger partial charge >= 0.3 is 0 Å². The Morgan fingerprint density at radius 1 is 1.56 bits per heavy atom. The van der Waals surface area contributed by atoms with E-state index in [1.807, 2.05) is 32.0 Å². The van der Waals surface area contributed by atoms with E-state index in [9.17, 15) is 4.79 Å². The van der Waals surface area contributed by atoms with Crippen LogP contribution in [0.2, 0.25) is 5.02 Å². The lowest BCUT2D eigenvalue weighted by molar-refractivity contribution is -0.117. The summed E-state index contributed by atoms with van der Waals surface area (Å²) in [5.74, 6) is -0.0747. The summed E-state index contributed by atoms with van der Waals surface area (Å²) < 4.78 is 0. The standard InChI is InChI=1S/C13H16ClNO/c1-3-10(2)15-13(16)8-7-11-5-4-6-12(14)9-11/h4-10H,3H2,1-2H3,(H,15,16)/b8-7+/t10-/m0/s1. The van der Waals surface area contributed by atoms with Gasteiger partial charge in [0.25, 0.3) is 0 Å². The van der Waals surface area contributed by atoms with Crippen molar-refractivity contribution in [2.45, 2.75) is 26.3 Å². The molecule has 1 rings (SSSR count). The summed E-state index contributed by atoms with van der Waals surface area (Å²) in [7, 11) is 0. The fraction of sp³-hybridized carbons (Fsp3) is 0.308. The van der Waals surface area contributed by atoms with Crippen molar-refractivity contribution in [3.8, 4) is 0 Å². The molecule has 0 saturated heterocycles. The molecule has 1 aromatic rings. The largest absolute Gasteiger partial charge is 0.350 e. The summed E-state index contributed by atoms with van der Waals surface area (Å²) in [6, 6.07) is 7.58. The Labute approximate surface area is 101 Å². The van der Waals surface area contributed by atoms with Crippen molar-refractivity contribution in [1.29, 1.82) is 0 Å². The van der Waals surface area contributed by atoms with Gasteiger partial charge in [0, 0.05) is 17.1 Å². The Kier molecular flexibility index (Phi) is 5.06. The number of rotatable bonds is 4. The third-order valence-corrected chi connectivity index (χ3v) is 2.51. The minimum absolute atomic E-state index is 0.0747. The molecule has 0 spiro atoms. The molecule has 0 aliphatic heterocycles. The Bertz CT molecular complexity index is 387. The van der Waals surface area contributed by atoms with Crippen LogP contribution in [0.5, 0.6) is 0 Å². The maximum absolute atomic E-state index is 11.4. The number of halogens is 1. The van der Waals surface area contributed by atoms with Gasteiger partial charge in [0.2, 0.25) is 5.91 Å². The molecule has 0 aromatic heterocycles. The van der Waals surface area contributed by atoms with Gasteiger partial charge in [-0.25, -0.2) is 0 Å². The lowest BCUT2D eigenvalue weighted by atomic mass is 10.2. The highest BCUT2D eigenvalue weighted by Crippen LogP contribution is 2.11. The molecule has 0 aliphatic rings. The number of hydrogen-bond acceptors (Lipinski definition) is 1. The quantitative estimate of drug-likeness (QED) is 0.801. The lowest BCUT2D eigenvalue weighted by Gasteiger charge is -2.08. The first-order valence-electron chi connectivity index (χ1n) is 5.36. The minimum atomic E-state index is -0.0747. The van der Waals surface area contributed by atoms with Crippen LogP contribution in [0.25, 0.3) is 6.08 Å². The highest BCUT2D eigenvalue weighted by molar-refractivity contribution is 6.30. The normalized spacial score (nSPS) is 12.7. The summed E-state index contributed by atoms with van der Waals surface area (Å²) >= 11 is 5.83. The molecular weight excluding hydrogens is 222 g/mol. The summed E-state index contributed by atoms with van der Waals surface area (Å²) in [6.45, 7) is 4.01. The van der Waals surface area contributed by atoms with Crippen LogP contribution in [0, 0.1) is 0 Å². The first kappa shape index (κ1) is 12.8. The zero-order chi connectivity index (χ0) is 12.0. The first-order chi connectivity index (χ1) is 7.61. The summed E-state index contributed by atoms with van der Waals surface area (Å²) in [5.41, 5.74) is 0.923. The van der Waals surface area contributed by atoms with Crippen molar-refractivity contribution in [2.75, 3.05) is 0 Å². The Hall–Kier alpha value is -1.28. The van der Waals surface area contributed by atoms with Gasteiger partial charge < -0.3 is 5.32 Å². The van der Waals surface area contributed by atoms with Crippen LogP contribution < -0.4 is 5.32 Å². The topological polar surface area (TPSA) is 29.1 Å². The molecule has 1 amide bonds. The number of carbonyl (C=O) groups excluding carboxylic acids is 1. The first-order valence-corrected chi connectivity index (χ1v) is 5.73. The second-order valence-electron chi connectivity index (χ2n) is 3.71. The fourth-order valence-electron chi connectivity index (χ4n) is 1.18. The number of carbonyl (C=O) groups is 1. The molecular formula is C13H16ClNO. The van der Waals surface area contributed by atoms with E-state index in [2.05, 4.69) is 5.32 Å². The van der Waals surface area contributed by atoms with E-state index in [1.165, 1.54) is 6.08 Å². The van der Waals surface area contributed by atoms with E-state index in [4.69, 9.17) is 11.6 Å². The molecule has 0 saturated carbocycles. The predicted molar refractivity (Wildman–Crippen MR) is 68.4 cm³/mol. The van der Waals surface area contributed by atoms with Gasteiger partial charge in [0.1, 0.15) is 0 Å². The second-order valence-corrected chi connectivity index (χ2v) is 4.14. The molecule has 1 atom stereocenters. The van der Waals surface area contributed by atoms with Crippen LogP contribution in [0.3, 0.4) is 0 Å². The van der Waals surface area contributed by atoms with Crippen LogP contribution in [-0.2, 0) is 4.79 Å². The molecule has 0 radical (unpaired) electrons. The van der Waals surface area contributed by atoms with E-state index in [1.54, 1.807) is 12.1 Å². The number of amides is 1. The van der Waals surface area contributed by atoms with Gasteiger partial charge in [-0.1, -0.05) is 30.7 Å². The molecule has 86 valence electrons. The van der Waals surface area contributed by atoms with Crippen LogP contribution in [0.4, 0.5) is 0 Å². The molecule has 0 unspecified atom stereocenters. The van der Waals surface area contributed by atoms with Crippen molar-refractivity contribution in [3.05, 3.63) is 40.9 Å². The summed E-state index contributed by atoms with van der Waals surface area (Å²) in [4.78, 5) is 11.4. The van der Waals surface area contributed by atoms with E-state index in [0.29, 0.717) is 5.02 Å². The van der Waals surface area contributed by atoms with E-state index in [-0.39, 0.29) is 11.9 Å². The molecule has 3 heteroatoms. The van der Waals surface area contributed by atoms with Gasteiger partial charge in [-0.05, 0) is 37.1 Å². The molecule has 0 aliphatic carbocycles. The van der Waals surface area contributed by atoms with Crippen LogP contribution in [-0.4, -0.2) is 11.9 Å².